The number of nitrogen functional groups attached to an aromatic ring is 1. The molecule has 0 aromatic heterocycles. The summed E-state index contributed by atoms with van der Waals surface area (Å²) < 4.78 is 5.08. The lowest BCUT2D eigenvalue weighted by Gasteiger charge is -2.10. The minimum atomic E-state index is -0.407. The second kappa shape index (κ2) is 6.43. The van der Waals surface area contributed by atoms with Crippen LogP contribution in [0.25, 0.3) is 0 Å². The molecule has 0 saturated carbocycles. The van der Waals surface area contributed by atoms with E-state index in [1.165, 1.54) is 19.2 Å². The van der Waals surface area contributed by atoms with Crippen LogP contribution in [-0.2, 0) is 0 Å². The van der Waals surface area contributed by atoms with Crippen molar-refractivity contribution in [1.29, 1.82) is 0 Å². The minimum Gasteiger partial charge on any atom is -0.497 e. The average molecular weight is 346 g/mol. The van der Waals surface area contributed by atoms with Gasteiger partial charge in [-0.05, 0) is 24.3 Å². The fourth-order valence-corrected chi connectivity index (χ4v) is 2.16. The van der Waals surface area contributed by atoms with Gasteiger partial charge in [-0.2, -0.15) is 0 Å². The van der Waals surface area contributed by atoms with E-state index in [2.05, 4.69) is 5.32 Å². The van der Waals surface area contributed by atoms with Gasteiger partial charge in [-0.25, -0.2) is 0 Å². The van der Waals surface area contributed by atoms with Gasteiger partial charge in [0.15, 0.2) is 0 Å². The van der Waals surface area contributed by atoms with Crippen LogP contribution < -0.4 is 15.8 Å². The molecule has 0 saturated heterocycles. The summed E-state index contributed by atoms with van der Waals surface area (Å²) in [7, 11) is 1.52. The molecule has 2 aromatic rings. The first-order chi connectivity index (χ1) is 9.92. The van der Waals surface area contributed by atoms with Crippen molar-refractivity contribution in [2.75, 3.05) is 18.2 Å². The molecule has 0 atom stereocenters. The molecule has 4 nitrogen and oxygen atoms in total. The van der Waals surface area contributed by atoms with E-state index >= 15 is 0 Å². The number of nitrogens with one attached hydrogen (secondary N) is 1. The molecule has 0 fully saturated rings. The van der Waals surface area contributed by atoms with Gasteiger partial charge in [0.05, 0.1) is 33.6 Å². The van der Waals surface area contributed by atoms with E-state index in [4.69, 9.17) is 45.3 Å². The van der Waals surface area contributed by atoms with Crippen molar-refractivity contribution in [2.24, 2.45) is 0 Å². The fraction of sp³-hybridized carbons (Fsp3) is 0.0714. The van der Waals surface area contributed by atoms with Crippen LogP contribution in [0.2, 0.25) is 15.1 Å². The maximum absolute atomic E-state index is 12.2. The number of benzene rings is 2. The summed E-state index contributed by atoms with van der Waals surface area (Å²) in [5, 5.41) is 3.48. The minimum absolute atomic E-state index is 0.207. The maximum atomic E-state index is 12.2. The smallest absolute Gasteiger partial charge is 0.255 e. The van der Waals surface area contributed by atoms with Crippen LogP contribution >= 0.6 is 34.8 Å². The molecule has 110 valence electrons. The van der Waals surface area contributed by atoms with Gasteiger partial charge in [-0.3, -0.25) is 4.79 Å². The number of carbonyl (C=O) groups excluding carboxylic acids is 1. The molecule has 0 unspecified atom stereocenters. The zero-order valence-electron chi connectivity index (χ0n) is 10.9. The van der Waals surface area contributed by atoms with Crippen molar-refractivity contribution in [2.45, 2.75) is 0 Å². The molecule has 2 aromatic carbocycles. The molecular formula is C14H11Cl3N2O2. The van der Waals surface area contributed by atoms with Crippen LogP contribution in [0, 0.1) is 0 Å². The van der Waals surface area contributed by atoms with Gasteiger partial charge in [0.1, 0.15) is 5.75 Å². The standard InChI is InChI=1S/C14H11Cl3N2O2/c1-21-8-2-3-9(15)12(6-8)19-14(20)7-4-10(16)13(17)11(18)5-7/h2-6H,18H2,1H3,(H,19,20). The molecule has 2 rings (SSSR count). The van der Waals surface area contributed by atoms with E-state index in [-0.39, 0.29) is 21.3 Å². The van der Waals surface area contributed by atoms with Crippen LogP contribution in [-0.4, -0.2) is 13.0 Å². The first kappa shape index (κ1) is 15.8. The van der Waals surface area contributed by atoms with Crippen molar-refractivity contribution in [3.63, 3.8) is 0 Å². The van der Waals surface area contributed by atoms with Gasteiger partial charge in [0.25, 0.3) is 5.91 Å². The lowest BCUT2D eigenvalue weighted by atomic mass is 10.2. The number of nitrogens with two attached hydrogens (primary N) is 1. The zero-order valence-corrected chi connectivity index (χ0v) is 13.2. The van der Waals surface area contributed by atoms with Crippen LogP contribution in [0.4, 0.5) is 11.4 Å². The van der Waals surface area contributed by atoms with Gasteiger partial charge in [-0.1, -0.05) is 34.8 Å². The normalized spacial score (nSPS) is 10.3. The van der Waals surface area contributed by atoms with Crippen molar-refractivity contribution in [1.82, 2.24) is 0 Å². The third kappa shape index (κ3) is 3.53. The van der Waals surface area contributed by atoms with Gasteiger partial charge in [-0.15, -0.1) is 0 Å². The topological polar surface area (TPSA) is 64.3 Å². The molecule has 0 aliphatic carbocycles. The molecule has 0 radical (unpaired) electrons. The highest BCUT2D eigenvalue weighted by atomic mass is 35.5. The van der Waals surface area contributed by atoms with Crippen LogP contribution in [0.5, 0.6) is 5.75 Å². The lowest BCUT2D eigenvalue weighted by molar-refractivity contribution is 0.102. The van der Waals surface area contributed by atoms with E-state index in [0.29, 0.717) is 16.5 Å². The van der Waals surface area contributed by atoms with E-state index in [9.17, 15) is 4.79 Å². The monoisotopic (exact) mass is 344 g/mol. The van der Waals surface area contributed by atoms with Gasteiger partial charge < -0.3 is 15.8 Å². The number of hydrogen-bond acceptors (Lipinski definition) is 3. The molecule has 0 spiro atoms. The van der Waals surface area contributed by atoms with Crippen LogP contribution in [0.3, 0.4) is 0 Å². The van der Waals surface area contributed by atoms with E-state index in [1.54, 1.807) is 18.2 Å². The average Bonchev–Trinajstić information content (AvgIpc) is 2.46. The van der Waals surface area contributed by atoms with E-state index in [0.717, 1.165) is 0 Å². The number of hydrogen-bond donors (Lipinski definition) is 2. The van der Waals surface area contributed by atoms with Crippen molar-refractivity contribution in [3.8, 4) is 5.75 Å². The van der Waals surface area contributed by atoms with E-state index < -0.39 is 5.91 Å². The van der Waals surface area contributed by atoms with Gasteiger partial charge in [0.2, 0.25) is 0 Å². The van der Waals surface area contributed by atoms with Crippen molar-refractivity contribution < 1.29 is 9.53 Å². The third-order valence-electron chi connectivity index (χ3n) is 2.74. The molecule has 21 heavy (non-hydrogen) atoms. The van der Waals surface area contributed by atoms with Crippen LogP contribution in [0.15, 0.2) is 30.3 Å². The lowest BCUT2D eigenvalue weighted by Crippen LogP contribution is -2.13. The predicted molar refractivity (Wildman–Crippen MR) is 86.8 cm³/mol. The molecular weight excluding hydrogens is 335 g/mol. The first-order valence-electron chi connectivity index (χ1n) is 5.81. The maximum Gasteiger partial charge on any atom is 0.255 e. The Labute approximate surface area is 136 Å². The summed E-state index contributed by atoms with van der Waals surface area (Å²) in [6.07, 6.45) is 0. The Bertz CT molecular complexity index is 682. The molecule has 0 bridgehead atoms. The summed E-state index contributed by atoms with van der Waals surface area (Å²) in [5.41, 5.74) is 6.61. The summed E-state index contributed by atoms with van der Waals surface area (Å²) >= 11 is 17.8. The SMILES string of the molecule is COc1ccc(Cl)c(NC(=O)c2cc(N)c(Cl)c(Cl)c2)c1. The summed E-state index contributed by atoms with van der Waals surface area (Å²) in [5.74, 6) is 0.166. The molecule has 0 aliphatic rings. The predicted octanol–water partition coefficient (Wildman–Crippen LogP) is 4.49. The Hall–Kier alpha value is -1.62. The summed E-state index contributed by atoms with van der Waals surface area (Å²) in [6, 6.07) is 7.80. The second-order valence-corrected chi connectivity index (χ2v) is 5.35. The Kier molecular flexibility index (Phi) is 4.83. The van der Waals surface area contributed by atoms with E-state index in [1.807, 2.05) is 0 Å². The Morgan fingerprint density at radius 1 is 1.14 bits per heavy atom. The van der Waals surface area contributed by atoms with Crippen LogP contribution in [0.1, 0.15) is 10.4 Å². The van der Waals surface area contributed by atoms with Crippen molar-refractivity contribution in [3.05, 3.63) is 51.0 Å². The third-order valence-corrected chi connectivity index (χ3v) is 3.89. The van der Waals surface area contributed by atoms with Gasteiger partial charge in [0, 0.05) is 11.6 Å². The summed E-state index contributed by atoms with van der Waals surface area (Å²) in [6.45, 7) is 0. The number of methoxy groups -OCH3 is 1. The number of rotatable bonds is 3. The highest BCUT2D eigenvalue weighted by molar-refractivity contribution is 6.44. The molecule has 1 amide bonds. The Morgan fingerprint density at radius 2 is 1.86 bits per heavy atom. The highest BCUT2D eigenvalue weighted by Gasteiger charge is 2.13. The number of halogens is 3. The highest BCUT2D eigenvalue weighted by Crippen LogP contribution is 2.31. The molecule has 0 aliphatic heterocycles. The Morgan fingerprint density at radius 3 is 2.48 bits per heavy atom. The fourth-order valence-electron chi connectivity index (χ4n) is 1.66. The summed E-state index contributed by atoms with van der Waals surface area (Å²) in [4.78, 5) is 12.2. The second-order valence-electron chi connectivity index (χ2n) is 4.16. The molecule has 3 N–H and O–H groups in total. The number of ether oxygens (including phenoxy) is 1. The first-order valence-corrected chi connectivity index (χ1v) is 6.95. The molecule has 0 heterocycles. The molecule has 7 heteroatoms. The van der Waals surface area contributed by atoms with Crippen molar-refractivity contribution >= 4 is 52.1 Å². The number of carbonyl (C=O) groups is 1. The number of amides is 1. The zero-order chi connectivity index (χ0) is 15.6. The largest absolute Gasteiger partial charge is 0.497 e. The number of anilines is 2. The quantitative estimate of drug-likeness (QED) is 0.806. The van der Waals surface area contributed by atoms with Gasteiger partial charge >= 0.3 is 0 Å². The Balaban J connectivity index is 2.30.